The largest absolute Gasteiger partial charge is 0.352 e. The Bertz CT molecular complexity index is 561. The molecule has 1 atom stereocenters. The smallest absolute Gasteiger partial charge is 0.251 e. The Labute approximate surface area is 125 Å². The second-order valence-corrected chi connectivity index (χ2v) is 5.74. The molecule has 1 heterocycles. The highest BCUT2D eigenvalue weighted by molar-refractivity contribution is 5.76. The minimum Gasteiger partial charge on any atom is -0.352 e. The summed E-state index contributed by atoms with van der Waals surface area (Å²) in [6.07, 6.45) is 4.51. The van der Waals surface area contributed by atoms with Crippen molar-refractivity contribution in [2.24, 2.45) is 5.73 Å². The quantitative estimate of drug-likeness (QED) is 0.863. The Hall–Kier alpha value is -1.62. The molecule has 5 heteroatoms. The van der Waals surface area contributed by atoms with Crippen molar-refractivity contribution in [1.82, 2.24) is 9.88 Å². The molecule has 1 aliphatic rings. The maximum atomic E-state index is 12.2. The van der Waals surface area contributed by atoms with Crippen LogP contribution in [0.5, 0.6) is 0 Å². The van der Waals surface area contributed by atoms with E-state index in [0.717, 1.165) is 43.4 Å². The number of nitrogens with two attached hydrogens (primary N) is 1. The number of carbonyl (C=O) groups excluding carboxylic acids is 1. The second-order valence-electron chi connectivity index (χ2n) is 5.74. The van der Waals surface area contributed by atoms with Gasteiger partial charge in [-0.25, -0.2) is 0 Å². The van der Waals surface area contributed by atoms with Gasteiger partial charge in [0.1, 0.15) is 6.54 Å². The van der Waals surface area contributed by atoms with Crippen LogP contribution in [-0.4, -0.2) is 16.5 Å². The van der Waals surface area contributed by atoms with Crippen molar-refractivity contribution >= 4 is 5.91 Å². The molecule has 5 nitrogen and oxygen atoms in total. The Morgan fingerprint density at radius 3 is 2.81 bits per heavy atom. The number of amides is 1. The molecule has 3 N–H and O–H groups in total. The molecule has 0 radical (unpaired) electrons. The third-order valence-electron chi connectivity index (χ3n) is 4.31. The van der Waals surface area contributed by atoms with Gasteiger partial charge in [0, 0.05) is 23.8 Å². The number of nitrogens with zero attached hydrogens (tertiary/aromatic N) is 1. The minimum atomic E-state index is -0.123. The van der Waals surface area contributed by atoms with Crippen LogP contribution in [0.4, 0.5) is 0 Å². The zero-order valence-corrected chi connectivity index (χ0v) is 12.9. The van der Waals surface area contributed by atoms with Crippen LogP contribution in [0.15, 0.2) is 16.9 Å². The van der Waals surface area contributed by atoms with E-state index in [0.29, 0.717) is 0 Å². The zero-order valence-electron chi connectivity index (χ0n) is 12.9. The van der Waals surface area contributed by atoms with E-state index in [4.69, 9.17) is 5.73 Å². The lowest BCUT2D eigenvalue weighted by Gasteiger charge is -2.25. The van der Waals surface area contributed by atoms with Crippen molar-refractivity contribution in [2.75, 3.05) is 0 Å². The van der Waals surface area contributed by atoms with Gasteiger partial charge >= 0.3 is 0 Å². The lowest BCUT2D eigenvalue weighted by molar-refractivity contribution is -0.122. The average Bonchev–Trinajstić information content (AvgIpc) is 2.48. The normalized spacial score (nSPS) is 17.6. The summed E-state index contributed by atoms with van der Waals surface area (Å²) in [6, 6.07) is 3.49. The monoisotopic (exact) mass is 291 g/mol. The molecule has 21 heavy (non-hydrogen) atoms. The second kappa shape index (κ2) is 6.89. The number of aromatic nitrogens is 1. The maximum absolute atomic E-state index is 12.2. The minimum absolute atomic E-state index is 0.0253. The fraction of sp³-hybridized carbons (Fsp3) is 0.625. The summed E-state index contributed by atoms with van der Waals surface area (Å²) in [5.74, 6) is -0.0988. The van der Waals surface area contributed by atoms with Crippen molar-refractivity contribution in [3.05, 3.63) is 33.7 Å². The lowest BCUT2D eigenvalue weighted by atomic mass is 9.91. The highest BCUT2D eigenvalue weighted by atomic mass is 16.2. The highest BCUT2D eigenvalue weighted by Gasteiger charge is 2.21. The van der Waals surface area contributed by atoms with Gasteiger partial charge in [0.05, 0.1) is 0 Å². The van der Waals surface area contributed by atoms with Crippen LogP contribution in [0.1, 0.15) is 56.8 Å². The molecule has 1 aromatic rings. The summed E-state index contributed by atoms with van der Waals surface area (Å²) < 4.78 is 1.59. The first kappa shape index (κ1) is 15.8. The van der Waals surface area contributed by atoms with Crippen LogP contribution in [0.3, 0.4) is 0 Å². The van der Waals surface area contributed by atoms with Gasteiger partial charge in [0.2, 0.25) is 5.91 Å². The Balaban J connectivity index is 2.22. The number of rotatable bonds is 5. The highest BCUT2D eigenvalue weighted by Crippen LogP contribution is 2.26. The van der Waals surface area contributed by atoms with Crippen molar-refractivity contribution in [1.29, 1.82) is 0 Å². The van der Waals surface area contributed by atoms with Gasteiger partial charge in [-0.15, -0.1) is 0 Å². The molecule has 1 amide bonds. The first-order chi connectivity index (χ1) is 10.1. The van der Waals surface area contributed by atoms with E-state index in [1.54, 1.807) is 4.57 Å². The van der Waals surface area contributed by atoms with Gasteiger partial charge in [-0.2, -0.15) is 0 Å². The van der Waals surface area contributed by atoms with E-state index in [1.807, 2.05) is 19.9 Å². The van der Waals surface area contributed by atoms with Gasteiger partial charge < -0.3 is 15.6 Å². The molecule has 0 spiro atoms. The van der Waals surface area contributed by atoms with Gasteiger partial charge in [-0.05, 0) is 37.7 Å². The van der Waals surface area contributed by atoms with E-state index in [1.165, 1.54) is 6.07 Å². The summed E-state index contributed by atoms with van der Waals surface area (Å²) >= 11 is 0. The van der Waals surface area contributed by atoms with Gasteiger partial charge in [-0.3, -0.25) is 9.59 Å². The predicted octanol–water partition coefficient (Wildman–Crippen LogP) is 1.49. The van der Waals surface area contributed by atoms with Crippen LogP contribution < -0.4 is 16.6 Å². The molecule has 1 aliphatic carbocycles. The SMILES string of the molecule is CCC(CC)NC(=O)Cn1c2c(ccc1=O)C(N)CCC2. The Kier molecular flexibility index (Phi) is 5.17. The summed E-state index contributed by atoms with van der Waals surface area (Å²) in [5.41, 5.74) is 7.92. The topological polar surface area (TPSA) is 77.1 Å². The molecule has 0 fully saturated rings. The first-order valence-corrected chi connectivity index (χ1v) is 7.84. The van der Waals surface area contributed by atoms with E-state index in [2.05, 4.69) is 5.32 Å². The molecule has 1 unspecified atom stereocenters. The average molecular weight is 291 g/mol. The van der Waals surface area contributed by atoms with E-state index >= 15 is 0 Å². The molecule has 0 bridgehead atoms. The standard InChI is InChI=1S/C16H25N3O2/c1-3-11(4-2)18-15(20)10-19-14-7-5-6-13(17)12(14)8-9-16(19)21/h8-9,11,13H,3-7,10,17H2,1-2H3,(H,18,20). The molecular formula is C16H25N3O2. The maximum Gasteiger partial charge on any atom is 0.251 e. The van der Waals surface area contributed by atoms with Gasteiger partial charge in [0.25, 0.3) is 5.56 Å². The molecule has 2 rings (SSSR count). The summed E-state index contributed by atoms with van der Waals surface area (Å²) in [6.45, 7) is 4.18. The third kappa shape index (κ3) is 3.53. The fourth-order valence-electron chi connectivity index (χ4n) is 2.98. The fourth-order valence-corrected chi connectivity index (χ4v) is 2.98. The molecular weight excluding hydrogens is 266 g/mol. The molecule has 0 aliphatic heterocycles. The number of hydrogen-bond acceptors (Lipinski definition) is 3. The molecule has 0 saturated heterocycles. The van der Waals surface area contributed by atoms with Gasteiger partial charge in [0.15, 0.2) is 0 Å². The van der Waals surface area contributed by atoms with E-state index in [-0.39, 0.29) is 30.1 Å². The molecule has 116 valence electrons. The van der Waals surface area contributed by atoms with Crippen LogP contribution in [0.2, 0.25) is 0 Å². The van der Waals surface area contributed by atoms with Crippen LogP contribution >= 0.6 is 0 Å². The lowest BCUT2D eigenvalue weighted by Crippen LogP contribution is -2.39. The van der Waals surface area contributed by atoms with Crippen molar-refractivity contribution in [3.8, 4) is 0 Å². The zero-order chi connectivity index (χ0) is 15.4. The van der Waals surface area contributed by atoms with Crippen molar-refractivity contribution in [3.63, 3.8) is 0 Å². The van der Waals surface area contributed by atoms with E-state index < -0.39 is 0 Å². The van der Waals surface area contributed by atoms with E-state index in [9.17, 15) is 9.59 Å². The predicted molar refractivity (Wildman–Crippen MR) is 83.1 cm³/mol. The number of fused-ring (bicyclic) bond motifs is 1. The first-order valence-electron chi connectivity index (χ1n) is 7.84. The van der Waals surface area contributed by atoms with Gasteiger partial charge in [-0.1, -0.05) is 19.9 Å². The summed E-state index contributed by atoms with van der Waals surface area (Å²) in [7, 11) is 0. The molecule has 1 aromatic heterocycles. The van der Waals surface area contributed by atoms with Crippen LogP contribution in [0.25, 0.3) is 0 Å². The summed E-state index contributed by atoms with van der Waals surface area (Å²) in [5, 5.41) is 2.98. The van der Waals surface area contributed by atoms with Crippen LogP contribution in [-0.2, 0) is 17.8 Å². The Morgan fingerprint density at radius 2 is 2.14 bits per heavy atom. The van der Waals surface area contributed by atoms with Crippen LogP contribution in [0, 0.1) is 0 Å². The molecule has 0 saturated carbocycles. The number of pyridine rings is 1. The Morgan fingerprint density at radius 1 is 1.43 bits per heavy atom. The summed E-state index contributed by atoms with van der Waals surface area (Å²) in [4.78, 5) is 24.3. The van der Waals surface area contributed by atoms with Crippen molar-refractivity contribution in [2.45, 2.75) is 64.6 Å². The number of carbonyl (C=O) groups is 1. The molecule has 0 aromatic carbocycles. The number of hydrogen-bond donors (Lipinski definition) is 2. The third-order valence-corrected chi connectivity index (χ3v) is 4.31. The van der Waals surface area contributed by atoms with Crippen molar-refractivity contribution < 1.29 is 4.79 Å². The number of nitrogens with one attached hydrogen (secondary N) is 1.